The van der Waals surface area contributed by atoms with E-state index in [0.717, 1.165) is 66.5 Å². The fraction of sp³-hybridized carbons (Fsp3) is 0. The Labute approximate surface area is 321 Å². The topological polar surface area (TPSA) is 43.9 Å². The first-order valence-corrected chi connectivity index (χ1v) is 19.0. The Morgan fingerprint density at radius 3 is 1.93 bits per heavy atom. The zero-order valence-corrected chi connectivity index (χ0v) is 30.1. The largest absolute Gasteiger partial charge is 0.456 e. The van der Waals surface area contributed by atoms with Crippen molar-refractivity contribution in [3.63, 3.8) is 0 Å². The van der Waals surface area contributed by atoms with Gasteiger partial charge in [-0.3, -0.25) is 0 Å². The first-order chi connectivity index (χ1) is 27.8. The Kier molecular flexibility index (Phi) is 6.60. The number of para-hydroxylation sites is 2. The second-order valence-corrected chi connectivity index (χ2v) is 14.5. The summed E-state index contributed by atoms with van der Waals surface area (Å²) in [6, 6.07) is 66.7. The molecule has 0 atom stereocenters. The lowest BCUT2D eigenvalue weighted by atomic mass is 9.97. The average Bonchev–Trinajstić information content (AvgIpc) is 3.81. The molecule has 0 saturated carbocycles. The number of aromatic nitrogens is 3. The van der Waals surface area contributed by atoms with Crippen LogP contribution in [0.25, 0.3) is 116 Å². The molecule has 3 aromatic heterocycles. The quantitative estimate of drug-likeness (QED) is 0.182. The first kappa shape index (κ1) is 30.9. The van der Waals surface area contributed by atoms with Crippen LogP contribution < -0.4 is 0 Å². The molecule has 0 spiro atoms. The highest BCUT2D eigenvalue weighted by atomic mass is 16.3. The summed E-state index contributed by atoms with van der Waals surface area (Å²) in [7, 11) is 0. The molecule has 0 aliphatic rings. The second kappa shape index (κ2) is 12.0. The minimum absolute atomic E-state index is 0.673. The first-order valence-electron chi connectivity index (χ1n) is 19.0. The number of furan rings is 1. The lowest BCUT2D eigenvalue weighted by Gasteiger charge is -2.12. The van der Waals surface area contributed by atoms with Crippen molar-refractivity contribution in [1.29, 1.82) is 0 Å². The van der Waals surface area contributed by atoms with E-state index in [4.69, 9.17) is 14.4 Å². The molecule has 4 nitrogen and oxygen atoms in total. The van der Waals surface area contributed by atoms with Gasteiger partial charge in [0, 0.05) is 43.7 Å². The predicted octanol–water partition coefficient (Wildman–Crippen LogP) is 13.9. The molecule has 0 unspecified atom stereocenters. The number of nitrogens with zero attached hydrogens (tertiary/aromatic N) is 3. The van der Waals surface area contributed by atoms with Gasteiger partial charge in [0.05, 0.1) is 22.2 Å². The third kappa shape index (κ3) is 4.60. The van der Waals surface area contributed by atoms with E-state index in [1.807, 2.05) is 18.2 Å². The van der Waals surface area contributed by atoms with Gasteiger partial charge in [-0.05, 0) is 87.3 Å². The van der Waals surface area contributed by atoms with E-state index in [-0.39, 0.29) is 0 Å². The van der Waals surface area contributed by atoms with Gasteiger partial charge in [0.1, 0.15) is 11.2 Å². The van der Waals surface area contributed by atoms with Crippen LogP contribution in [0, 0.1) is 0 Å². The van der Waals surface area contributed by atoms with Gasteiger partial charge in [0.25, 0.3) is 0 Å². The Morgan fingerprint density at radius 2 is 1.05 bits per heavy atom. The molecule has 0 bridgehead atoms. The third-order valence-corrected chi connectivity index (χ3v) is 11.4. The van der Waals surface area contributed by atoms with Crippen LogP contribution in [0.3, 0.4) is 0 Å². The van der Waals surface area contributed by atoms with Crippen molar-refractivity contribution in [2.75, 3.05) is 0 Å². The molecular weight excluding hydrogens is 683 g/mol. The van der Waals surface area contributed by atoms with E-state index in [1.165, 1.54) is 43.4 Å². The lowest BCUT2D eigenvalue weighted by Crippen LogP contribution is -1.96. The molecule has 0 amide bonds. The maximum atomic E-state index is 6.54. The molecule has 56 heavy (non-hydrogen) atoms. The Bertz CT molecular complexity index is 3540. The summed E-state index contributed by atoms with van der Waals surface area (Å²) in [5, 5.41) is 10.4. The average molecular weight is 714 g/mol. The summed E-state index contributed by atoms with van der Waals surface area (Å²) in [6.07, 6.45) is 0. The molecule has 0 saturated heterocycles. The van der Waals surface area contributed by atoms with Gasteiger partial charge in [-0.25, -0.2) is 9.97 Å². The van der Waals surface area contributed by atoms with Crippen LogP contribution >= 0.6 is 0 Å². The van der Waals surface area contributed by atoms with E-state index < -0.39 is 0 Å². The summed E-state index contributed by atoms with van der Waals surface area (Å²) >= 11 is 0. The van der Waals surface area contributed by atoms with Crippen LogP contribution in [0.2, 0.25) is 0 Å². The molecule has 260 valence electrons. The van der Waals surface area contributed by atoms with Gasteiger partial charge in [0.2, 0.25) is 0 Å². The van der Waals surface area contributed by atoms with Crippen molar-refractivity contribution >= 4 is 76.2 Å². The van der Waals surface area contributed by atoms with Crippen LogP contribution in [0.15, 0.2) is 192 Å². The van der Waals surface area contributed by atoms with Crippen LogP contribution in [-0.2, 0) is 0 Å². The van der Waals surface area contributed by atoms with Crippen molar-refractivity contribution in [3.05, 3.63) is 188 Å². The van der Waals surface area contributed by atoms with Gasteiger partial charge in [0.15, 0.2) is 5.82 Å². The highest BCUT2D eigenvalue weighted by Gasteiger charge is 2.20. The number of rotatable bonds is 4. The molecule has 0 fully saturated rings. The highest BCUT2D eigenvalue weighted by molar-refractivity contribution is 6.22. The van der Waals surface area contributed by atoms with Crippen LogP contribution in [-0.4, -0.2) is 14.5 Å². The molecule has 12 aromatic rings. The standard InChI is InChI=1S/C52H31N3O/c1-2-15-36(16-3-1)55-45-27-25-34(30-42(45)49-38-18-7-5-13-33(38)24-28-46(49)55)35-26-29-47-43(31-35)50-41(21-11-23-48(50)56-47)52-53-44-22-9-8-19-40(44)51(54-52)39-20-10-14-32-12-4-6-17-37(32)39/h1-31H. The zero-order valence-electron chi connectivity index (χ0n) is 30.1. The number of fused-ring (bicyclic) bond motifs is 10. The summed E-state index contributed by atoms with van der Waals surface area (Å²) < 4.78 is 8.92. The second-order valence-electron chi connectivity index (χ2n) is 14.5. The van der Waals surface area contributed by atoms with Crippen molar-refractivity contribution in [2.24, 2.45) is 0 Å². The molecule has 4 heteroatoms. The normalized spacial score (nSPS) is 11.9. The molecule has 3 heterocycles. The van der Waals surface area contributed by atoms with E-state index >= 15 is 0 Å². The fourth-order valence-corrected chi connectivity index (χ4v) is 8.85. The van der Waals surface area contributed by atoms with Crippen molar-refractivity contribution in [2.45, 2.75) is 0 Å². The van der Waals surface area contributed by atoms with Crippen LogP contribution in [0.4, 0.5) is 0 Å². The smallest absolute Gasteiger partial charge is 0.161 e. The van der Waals surface area contributed by atoms with Gasteiger partial charge in [-0.2, -0.15) is 0 Å². The van der Waals surface area contributed by atoms with Gasteiger partial charge < -0.3 is 8.98 Å². The number of hydrogen-bond donors (Lipinski definition) is 0. The summed E-state index contributed by atoms with van der Waals surface area (Å²) in [6.45, 7) is 0. The summed E-state index contributed by atoms with van der Waals surface area (Å²) in [4.78, 5) is 10.6. The molecule has 0 aliphatic carbocycles. The summed E-state index contributed by atoms with van der Waals surface area (Å²) in [5.41, 5.74) is 11.3. The van der Waals surface area contributed by atoms with E-state index in [9.17, 15) is 0 Å². The predicted molar refractivity (Wildman–Crippen MR) is 232 cm³/mol. The Balaban J connectivity index is 1.08. The van der Waals surface area contributed by atoms with Gasteiger partial charge >= 0.3 is 0 Å². The maximum absolute atomic E-state index is 6.54. The molecule has 12 rings (SSSR count). The van der Waals surface area contributed by atoms with Crippen molar-refractivity contribution in [3.8, 4) is 39.5 Å². The fourth-order valence-electron chi connectivity index (χ4n) is 8.85. The molecule has 9 aromatic carbocycles. The van der Waals surface area contributed by atoms with Crippen molar-refractivity contribution < 1.29 is 4.42 Å². The molecule has 0 N–H and O–H groups in total. The minimum atomic E-state index is 0.673. The molecule has 0 aliphatic heterocycles. The maximum Gasteiger partial charge on any atom is 0.161 e. The molecule has 0 radical (unpaired) electrons. The van der Waals surface area contributed by atoms with Gasteiger partial charge in [-0.15, -0.1) is 0 Å². The highest BCUT2D eigenvalue weighted by Crippen LogP contribution is 2.42. The lowest BCUT2D eigenvalue weighted by molar-refractivity contribution is 0.669. The molecular formula is C52H31N3O. The van der Waals surface area contributed by atoms with E-state index in [0.29, 0.717) is 5.82 Å². The minimum Gasteiger partial charge on any atom is -0.456 e. The van der Waals surface area contributed by atoms with Crippen LogP contribution in [0.1, 0.15) is 0 Å². The van der Waals surface area contributed by atoms with Gasteiger partial charge in [-0.1, -0.05) is 133 Å². The SMILES string of the molecule is c1ccc(-n2c3ccc(-c4ccc5oc6cccc(-c7nc(-c8cccc9ccccc89)c8ccccc8n7)c6c5c4)cc3c3c4ccccc4ccc32)cc1. The zero-order chi connectivity index (χ0) is 36.7. The Hall–Kier alpha value is -7.56. The van der Waals surface area contributed by atoms with E-state index in [2.05, 4.69) is 174 Å². The van der Waals surface area contributed by atoms with Crippen molar-refractivity contribution in [1.82, 2.24) is 14.5 Å². The number of benzene rings is 9. The monoisotopic (exact) mass is 713 g/mol. The van der Waals surface area contributed by atoms with E-state index in [1.54, 1.807) is 0 Å². The number of hydrogen-bond acceptors (Lipinski definition) is 3. The third-order valence-electron chi connectivity index (χ3n) is 11.4. The van der Waals surface area contributed by atoms with Crippen LogP contribution in [0.5, 0.6) is 0 Å². The summed E-state index contributed by atoms with van der Waals surface area (Å²) in [5.74, 6) is 0.673. The Morgan fingerprint density at radius 1 is 0.393 bits per heavy atom.